The molecule has 0 saturated heterocycles. The van der Waals surface area contributed by atoms with E-state index >= 15 is 0 Å². The minimum absolute atomic E-state index is 0.00122. The Hall–Kier alpha value is -3.90. The minimum atomic E-state index is -0.339. The zero-order valence-corrected chi connectivity index (χ0v) is 19.8. The molecule has 35 heavy (non-hydrogen) atoms. The molecule has 2 heterocycles. The van der Waals surface area contributed by atoms with Gasteiger partial charge in [0.25, 0.3) is 5.69 Å². The van der Waals surface area contributed by atoms with Crippen molar-refractivity contribution in [3.63, 3.8) is 0 Å². The van der Waals surface area contributed by atoms with Crippen molar-refractivity contribution in [1.82, 2.24) is 4.90 Å². The molecule has 3 aromatic rings. The summed E-state index contributed by atoms with van der Waals surface area (Å²) < 4.78 is 0. The van der Waals surface area contributed by atoms with Crippen LogP contribution in [0.1, 0.15) is 42.0 Å². The maximum Gasteiger partial charge on any atom is 0.270 e. The van der Waals surface area contributed by atoms with Crippen molar-refractivity contribution in [1.29, 1.82) is 0 Å². The van der Waals surface area contributed by atoms with Gasteiger partial charge in [-0.3, -0.25) is 10.1 Å². The molecular weight excluding hydrogens is 454 g/mol. The lowest BCUT2D eigenvalue weighted by Crippen LogP contribution is -2.34. The summed E-state index contributed by atoms with van der Waals surface area (Å²) in [6, 6.07) is 27.8. The highest BCUT2D eigenvalue weighted by Gasteiger charge is 2.40. The van der Waals surface area contributed by atoms with Crippen LogP contribution >= 0.6 is 11.8 Å². The van der Waals surface area contributed by atoms with Gasteiger partial charge >= 0.3 is 0 Å². The molecule has 0 aromatic heterocycles. The molecule has 6 rings (SSSR count). The van der Waals surface area contributed by atoms with Gasteiger partial charge in [-0.05, 0) is 47.6 Å². The monoisotopic (exact) mass is 477 g/mol. The molecule has 172 valence electrons. The van der Waals surface area contributed by atoms with Crippen molar-refractivity contribution in [3.8, 4) is 0 Å². The fourth-order valence-electron chi connectivity index (χ4n) is 5.09. The van der Waals surface area contributed by atoms with E-state index in [4.69, 9.17) is 4.99 Å². The summed E-state index contributed by atoms with van der Waals surface area (Å²) in [6.07, 6.45) is 5.32. The Morgan fingerprint density at radius 1 is 0.971 bits per heavy atom. The normalized spacial score (nSPS) is 20.3. The van der Waals surface area contributed by atoms with Gasteiger partial charge < -0.3 is 4.90 Å². The van der Waals surface area contributed by atoms with E-state index in [-0.39, 0.29) is 16.7 Å². The molecule has 1 atom stereocenters. The van der Waals surface area contributed by atoms with Crippen LogP contribution in [0.5, 0.6) is 0 Å². The van der Waals surface area contributed by atoms with Crippen LogP contribution in [0, 0.1) is 10.1 Å². The maximum atomic E-state index is 11.4. The molecule has 2 aliphatic heterocycles. The highest BCUT2D eigenvalue weighted by atomic mass is 32.2. The van der Waals surface area contributed by atoms with Gasteiger partial charge in [-0.15, -0.1) is 0 Å². The Bertz CT molecular complexity index is 1420. The van der Waals surface area contributed by atoms with E-state index in [1.807, 2.05) is 18.2 Å². The number of non-ortho nitro benzene ring substituents is 1. The largest absolute Gasteiger partial charge is 0.308 e. The third-order valence-corrected chi connectivity index (χ3v) is 7.49. The standard InChI is InChI=1S/C29H23N3O2S/c33-32(34)24-15-7-13-22(18-24)26-19-35-29-30-27-23(17-20-9-3-1-4-10-20)14-8-16-25(27)28(31(26)29)21-11-5-2-6-12-21/h1-7,9-13,15,17-19,28H,8,14,16H2/b23-17+. The van der Waals surface area contributed by atoms with Crippen LogP contribution in [0.4, 0.5) is 5.69 Å². The number of nitro benzene ring substituents is 1. The summed E-state index contributed by atoms with van der Waals surface area (Å²) in [4.78, 5) is 18.6. The summed E-state index contributed by atoms with van der Waals surface area (Å²) >= 11 is 1.59. The maximum absolute atomic E-state index is 11.4. The smallest absolute Gasteiger partial charge is 0.270 e. The summed E-state index contributed by atoms with van der Waals surface area (Å²) in [5.41, 5.74) is 7.95. The molecule has 0 spiro atoms. The minimum Gasteiger partial charge on any atom is -0.308 e. The number of aliphatic imine (C=N–C) groups is 1. The van der Waals surface area contributed by atoms with E-state index in [2.05, 4.69) is 64.9 Å². The van der Waals surface area contributed by atoms with Crippen LogP contribution in [0.15, 0.2) is 112 Å². The summed E-state index contributed by atoms with van der Waals surface area (Å²) in [6.45, 7) is 0. The number of allylic oxidation sites excluding steroid dienone is 1. The highest BCUT2D eigenvalue weighted by Crippen LogP contribution is 2.51. The number of fused-ring (bicyclic) bond motifs is 1. The number of rotatable bonds is 4. The second-order valence-electron chi connectivity index (χ2n) is 8.81. The van der Waals surface area contributed by atoms with Crippen molar-refractivity contribution in [2.75, 3.05) is 0 Å². The quantitative estimate of drug-likeness (QED) is 0.287. The zero-order chi connectivity index (χ0) is 23.8. The van der Waals surface area contributed by atoms with E-state index in [1.54, 1.807) is 23.9 Å². The van der Waals surface area contributed by atoms with E-state index < -0.39 is 0 Å². The second-order valence-corrected chi connectivity index (χ2v) is 9.65. The van der Waals surface area contributed by atoms with Crippen LogP contribution in [0.2, 0.25) is 0 Å². The Balaban J connectivity index is 1.48. The first-order valence-electron chi connectivity index (χ1n) is 11.7. The van der Waals surface area contributed by atoms with Crippen LogP contribution in [-0.4, -0.2) is 15.0 Å². The SMILES string of the molecule is O=[N+]([O-])c1cccc(C2=CSC3=NC4=C(CCC/C4=C\c4ccccc4)C(c4ccccc4)N23)c1. The van der Waals surface area contributed by atoms with Crippen molar-refractivity contribution in [2.24, 2.45) is 4.99 Å². The molecular formula is C29H23N3O2S. The van der Waals surface area contributed by atoms with Crippen molar-refractivity contribution in [3.05, 3.63) is 134 Å². The van der Waals surface area contributed by atoms with Crippen molar-refractivity contribution in [2.45, 2.75) is 25.3 Å². The first-order valence-corrected chi connectivity index (χ1v) is 12.6. The average Bonchev–Trinajstić information content (AvgIpc) is 3.32. The Morgan fingerprint density at radius 2 is 1.74 bits per heavy atom. The Morgan fingerprint density at radius 3 is 2.51 bits per heavy atom. The molecule has 0 N–H and O–H groups in total. The van der Waals surface area contributed by atoms with Crippen LogP contribution in [0.25, 0.3) is 11.8 Å². The average molecular weight is 478 g/mol. The van der Waals surface area contributed by atoms with E-state index in [0.29, 0.717) is 0 Å². The van der Waals surface area contributed by atoms with Gasteiger partial charge in [0.2, 0.25) is 0 Å². The summed E-state index contributed by atoms with van der Waals surface area (Å²) in [7, 11) is 0. The third kappa shape index (κ3) is 4.00. The topological polar surface area (TPSA) is 58.7 Å². The Labute approximate surface area is 208 Å². The van der Waals surface area contributed by atoms with Crippen LogP contribution in [-0.2, 0) is 0 Å². The number of thioether (sulfide) groups is 1. The molecule has 5 nitrogen and oxygen atoms in total. The van der Waals surface area contributed by atoms with Crippen LogP contribution in [0.3, 0.4) is 0 Å². The van der Waals surface area contributed by atoms with Crippen LogP contribution < -0.4 is 0 Å². The van der Waals surface area contributed by atoms with Gasteiger partial charge in [0, 0.05) is 23.1 Å². The third-order valence-electron chi connectivity index (χ3n) is 6.65. The predicted octanol–water partition coefficient (Wildman–Crippen LogP) is 7.57. The van der Waals surface area contributed by atoms with E-state index in [0.717, 1.165) is 41.4 Å². The number of amidine groups is 1. The molecule has 0 bridgehead atoms. The molecule has 3 aliphatic rings. The lowest BCUT2D eigenvalue weighted by molar-refractivity contribution is -0.384. The van der Waals surface area contributed by atoms with Gasteiger partial charge in [0.15, 0.2) is 5.17 Å². The first-order chi connectivity index (χ1) is 17.2. The van der Waals surface area contributed by atoms with Gasteiger partial charge in [0.1, 0.15) is 0 Å². The number of benzene rings is 3. The number of hydrogen-bond acceptors (Lipinski definition) is 5. The lowest BCUT2D eigenvalue weighted by atomic mass is 9.83. The summed E-state index contributed by atoms with van der Waals surface area (Å²) in [5.74, 6) is 0. The Kier molecular flexibility index (Phi) is 5.58. The predicted molar refractivity (Wildman–Crippen MR) is 142 cm³/mol. The first kappa shape index (κ1) is 21.6. The van der Waals surface area contributed by atoms with Gasteiger partial charge in [-0.2, -0.15) is 0 Å². The second kappa shape index (κ2) is 9.04. The van der Waals surface area contributed by atoms with Crippen molar-refractivity contribution < 1.29 is 4.92 Å². The zero-order valence-electron chi connectivity index (χ0n) is 19.0. The van der Waals surface area contributed by atoms with Gasteiger partial charge in [-0.25, -0.2) is 4.99 Å². The molecule has 1 aliphatic carbocycles. The van der Waals surface area contributed by atoms with E-state index in [1.165, 1.54) is 28.3 Å². The molecule has 0 saturated carbocycles. The molecule has 0 radical (unpaired) electrons. The fraction of sp³-hybridized carbons (Fsp3) is 0.138. The lowest BCUT2D eigenvalue weighted by Gasteiger charge is -2.40. The number of hydrogen-bond donors (Lipinski definition) is 0. The number of nitrogens with zero attached hydrogens (tertiary/aromatic N) is 3. The molecule has 3 aromatic carbocycles. The molecule has 1 unspecified atom stereocenters. The fourth-order valence-corrected chi connectivity index (χ4v) is 6.02. The van der Waals surface area contributed by atoms with Gasteiger partial charge in [0.05, 0.1) is 22.4 Å². The molecule has 6 heteroatoms. The highest BCUT2D eigenvalue weighted by molar-refractivity contribution is 8.16. The summed E-state index contributed by atoms with van der Waals surface area (Å²) in [5, 5.41) is 14.4. The van der Waals surface area contributed by atoms with E-state index in [9.17, 15) is 10.1 Å². The van der Waals surface area contributed by atoms with Gasteiger partial charge in [-0.1, -0.05) is 84.6 Å². The van der Waals surface area contributed by atoms with Crippen molar-refractivity contribution >= 4 is 34.4 Å². The number of nitro groups is 1. The molecule has 0 amide bonds. The molecule has 0 fully saturated rings.